The van der Waals surface area contributed by atoms with Gasteiger partial charge in [0.1, 0.15) is 12.2 Å². The number of hydrogen-bond acceptors (Lipinski definition) is 5. The second-order valence-corrected chi connectivity index (χ2v) is 5.62. The first kappa shape index (κ1) is 12.4. The van der Waals surface area contributed by atoms with Crippen molar-refractivity contribution in [3.05, 3.63) is 0 Å². The Morgan fingerprint density at radius 2 is 2.27 bits per heavy atom. The summed E-state index contributed by atoms with van der Waals surface area (Å²) in [4.78, 5) is 0. The van der Waals surface area contributed by atoms with Crippen LogP contribution >= 0.6 is 30.4 Å². The van der Waals surface area contributed by atoms with Gasteiger partial charge in [-0.25, -0.2) is 0 Å². The molecule has 0 aromatic rings. The lowest BCUT2D eigenvalue weighted by atomic mass is 10.0. The van der Waals surface area contributed by atoms with E-state index in [1.54, 1.807) is 0 Å². The van der Waals surface area contributed by atoms with Gasteiger partial charge >= 0.3 is 0 Å². The smallest absolute Gasteiger partial charge is 0.163 e. The zero-order valence-corrected chi connectivity index (χ0v) is 11.7. The molecule has 2 saturated heterocycles. The molecule has 0 aromatic carbocycles. The molecule has 0 amide bonds. The zero-order chi connectivity index (χ0) is 10.9. The van der Waals surface area contributed by atoms with Crippen LogP contribution in [0.2, 0.25) is 0 Å². The topological polar surface area (TPSA) is 36.9 Å². The molecule has 4 nitrogen and oxygen atoms in total. The van der Waals surface area contributed by atoms with Crippen LogP contribution in [0.25, 0.3) is 0 Å². The predicted octanol–water partition coefficient (Wildman–Crippen LogP) is 2.31. The molecule has 0 bridgehead atoms. The number of ether oxygens (including phenoxy) is 3. The maximum absolute atomic E-state index is 5.82. The molecule has 0 spiro atoms. The van der Waals surface area contributed by atoms with Crippen molar-refractivity contribution in [2.24, 2.45) is 0 Å². The third-order valence-corrected chi connectivity index (χ3v) is 3.59. The van der Waals surface area contributed by atoms with Gasteiger partial charge in [-0.15, -0.1) is 0 Å². The summed E-state index contributed by atoms with van der Waals surface area (Å²) >= 11 is 2.10. The minimum Gasteiger partial charge on any atom is -0.373 e. The van der Waals surface area contributed by atoms with E-state index in [4.69, 9.17) is 18.4 Å². The standard InChI is InChI=1S/C9H15IO4S/c1-9(2)13-6-3-4-11-7(5-12-15-10)8(6)14-9/h6-8H,3-5H2,1-2H3/t6?,7-,8?/m1/s1. The van der Waals surface area contributed by atoms with Gasteiger partial charge in [0.15, 0.2) is 5.79 Å². The maximum atomic E-state index is 5.82. The summed E-state index contributed by atoms with van der Waals surface area (Å²) in [5, 5.41) is 0. The molecule has 0 aliphatic carbocycles. The highest BCUT2D eigenvalue weighted by atomic mass is 127. The van der Waals surface area contributed by atoms with Crippen LogP contribution in [0.3, 0.4) is 0 Å². The van der Waals surface area contributed by atoms with Gasteiger partial charge in [0.25, 0.3) is 0 Å². The molecule has 15 heavy (non-hydrogen) atoms. The number of fused-ring (bicyclic) bond motifs is 1. The molecule has 2 unspecified atom stereocenters. The summed E-state index contributed by atoms with van der Waals surface area (Å²) in [6.45, 7) is 5.15. The van der Waals surface area contributed by atoms with Crippen LogP contribution < -0.4 is 0 Å². The van der Waals surface area contributed by atoms with E-state index < -0.39 is 5.79 Å². The van der Waals surface area contributed by atoms with Crippen molar-refractivity contribution >= 4 is 30.4 Å². The highest BCUT2D eigenvalue weighted by Gasteiger charge is 2.47. The lowest BCUT2D eigenvalue weighted by Crippen LogP contribution is -2.44. The second-order valence-electron chi connectivity index (χ2n) is 4.18. The first-order valence-corrected chi connectivity index (χ1v) is 8.28. The average molecular weight is 346 g/mol. The van der Waals surface area contributed by atoms with Gasteiger partial charge in [0.2, 0.25) is 0 Å². The summed E-state index contributed by atoms with van der Waals surface area (Å²) in [7, 11) is 1.32. The molecule has 0 aromatic heterocycles. The molecule has 0 radical (unpaired) electrons. The van der Waals surface area contributed by atoms with E-state index in [0.29, 0.717) is 6.61 Å². The minimum atomic E-state index is -0.487. The van der Waals surface area contributed by atoms with Crippen LogP contribution in [0.5, 0.6) is 0 Å². The van der Waals surface area contributed by atoms with E-state index in [9.17, 15) is 0 Å². The van der Waals surface area contributed by atoms with E-state index in [0.717, 1.165) is 13.0 Å². The van der Waals surface area contributed by atoms with Crippen molar-refractivity contribution in [3.63, 3.8) is 0 Å². The van der Waals surface area contributed by atoms with E-state index in [2.05, 4.69) is 21.2 Å². The predicted molar refractivity (Wildman–Crippen MR) is 65.7 cm³/mol. The molecule has 0 N–H and O–H groups in total. The summed E-state index contributed by atoms with van der Waals surface area (Å²) in [6, 6.07) is 0. The fraction of sp³-hybridized carbons (Fsp3) is 1.00. The third kappa shape index (κ3) is 2.98. The van der Waals surface area contributed by atoms with E-state index in [-0.39, 0.29) is 18.3 Å². The van der Waals surface area contributed by atoms with Crippen molar-refractivity contribution in [1.82, 2.24) is 0 Å². The Balaban J connectivity index is 1.96. The Labute approximate surface area is 106 Å². The van der Waals surface area contributed by atoms with E-state index in [1.165, 1.54) is 9.21 Å². The summed E-state index contributed by atoms with van der Waals surface area (Å²) in [6.07, 6.45) is 1.06. The molecule has 2 rings (SSSR count). The SMILES string of the molecule is CC1(C)OC2CCO[C@H](COSI)C2O1. The Morgan fingerprint density at radius 3 is 3.00 bits per heavy atom. The fourth-order valence-electron chi connectivity index (χ4n) is 2.07. The zero-order valence-electron chi connectivity index (χ0n) is 8.77. The van der Waals surface area contributed by atoms with Gasteiger partial charge in [-0.2, -0.15) is 0 Å². The van der Waals surface area contributed by atoms with Crippen molar-refractivity contribution < 1.29 is 18.4 Å². The Kier molecular flexibility index (Phi) is 4.17. The second kappa shape index (κ2) is 5.05. The first-order chi connectivity index (χ1) is 7.12. The number of hydrogen-bond donors (Lipinski definition) is 0. The van der Waals surface area contributed by atoms with E-state index in [1.807, 2.05) is 13.8 Å². The third-order valence-electron chi connectivity index (χ3n) is 2.60. The highest BCUT2D eigenvalue weighted by molar-refractivity contribution is 14.2. The summed E-state index contributed by atoms with van der Waals surface area (Å²) < 4.78 is 22.6. The molecule has 6 heteroatoms. The van der Waals surface area contributed by atoms with Gasteiger partial charge in [-0.1, -0.05) is 0 Å². The van der Waals surface area contributed by atoms with Crippen molar-refractivity contribution in [2.75, 3.05) is 13.2 Å². The maximum Gasteiger partial charge on any atom is 0.163 e. The lowest BCUT2D eigenvalue weighted by Gasteiger charge is -2.30. The van der Waals surface area contributed by atoms with Crippen LogP contribution in [0.15, 0.2) is 0 Å². The number of halogens is 1. The van der Waals surface area contributed by atoms with Crippen LogP contribution in [-0.4, -0.2) is 37.3 Å². The average Bonchev–Trinajstić information content (AvgIpc) is 2.49. The molecule has 2 heterocycles. The molecule has 0 saturated carbocycles. The normalized spacial score (nSPS) is 39.0. The van der Waals surface area contributed by atoms with Crippen LogP contribution in [-0.2, 0) is 18.4 Å². The first-order valence-electron chi connectivity index (χ1n) is 5.00. The van der Waals surface area contributed by atoms with Gasteiger partial charge in [-0.3, -0.25) is 0 Å². The van der Waals surface area contributed by atoms with Crippen LogP contribution in [0.4, 0.5) is 0 Å². The monoisotopic (exact) mass is 346 g/mol. The van der Waals surface area contributed by atoms with Crippen LogP contribution in [0.1, 0.15) is 20.3 Å². The number of rotatable bonds is 3. The molecule has 2 aliphatic rings. The lowest BCUT2D eigenvalue weighted by molar-refractivity contribution is -0.156. The molecule has 2 fully saturated rings. The minimum absolute atomic E-state index is 0.00668. The molecular formula is C9H15IO4S. The quantitative estimate of drug-likeness (QED) is 0.579. The van der Waals surface area contributed by atoms with Crippen molar-refractivity contribution in [3.8, 4) is 0 Å². The van der Waals surface area contributed by atoms with E-state index >= 15 is 0 Å². The van der Waals surface area contributed by atoms with Crippen LogP contribution in [0, 0.1) is 0 Å². The Bertz CT molecular complexity index is 226. The molecular weight excluding hydrogens is 331 g/mol. The van der Waals surface area contributed by atoms with Gasteiger partial charge < -0.3 is 18.4 Å². The van der Waals surface area contributed by atoms with Gasteiger partial charge in [-0.05, 0) is 20.3 Å². The van der Waals surface area contributed by atoms with Crippen molar-refractivity contribution in [1.29, 1.82) is 0 Å². The molecule has 88 valence electrons. The molecule has 3 atom stereocenters. The highest BCUT2D eigenvalue weighted by Crippen LogP contribution is 2.35. The largest absolute Gasteiger partial charge is 0.373 e. The van der Waals surface area contributed by atoms with Gasteiger partial charge in [0, 0.05) is 27.8 Å². The van der Waals surface area contributed by atoms with Crippen molar-refractivity contribution in [2.45, 2.75) is 44.4 Å². The van der Waals surface area contributed by atoms with Gasteiger partial charge in [0.05, 0.1) is 21.9 Å². The molecule has 2 aliphatic heterocycles. The Hall–Kier alpha value is 0.920. The summed E-state index contributed by atoms with van der Waals surface area (Å²) in [5.74, 6) is -0.487. The summed E-state index contributed by atoms with van der Waals surface area (Å²) in [5.41, 5.74) is 0. The Morgan fingerprint density at radius 1 is 1.47 bits per heavy atom. The fourth-order valence-corrected chi connectivity index (χ4v) is 2.69.